The van der Waals surface area contributed by atoms with E-state index in [1.54, 1.807) is 18.3 Å². The molecular formula is C12H18N4O. The van der Waals surface area contributed by atoms with Crippen molar-refractivity contribution in [2.24, 2.45) is 5.73 Å². The van der Waals surface area contributed by atoms with Crippen LogP contribution in [0.3, 0.4) is 0 Å². The Labute approximate surface area is 101 Å². The van der Waals surface area contributed by atoms with Crippen molar-refractivity contribution in [3.05, 3.63) is 23.9 Å². The molecule has 5 nitrogen and oxygen atoms in total. The highest BCUT2D eigenvalue weighted by molar-refractivity contribution is 5.97. The number of hydrogen-bond acceptors (Lipinski definition) is 4. The van der Waals surface area contributed by atoms with Crippen LogP contribution in [-0.2, 0) is 0 Å². The molecule has 1 aliphatic rings. The molecule has 5 heteroatoms. The Bertz CT molecular complexity index is 401. The monoisotopic (exact) mass is 234 g/mol. The van der Waals surface area contributed by atoms with E-state index >= 15 is 0 Å². The smallest absolute Gasteiger partial charge is 0.252 e. The fraction of sp³-hybridized carbons (Fsp3) is 0.500. The van der Waals surface area contributed by atoms with Crippen molar-refractivity contribution < 1.29 is 4.79 Å². The van der Waals surface area contributed by atoms with Gasteiger partial charge in [-0.15, -0.1) is 0 Å². The highest BCUT2D eigenvalue weighted by Gasteiger charge is 2.24. The molecule has 1 aliphatic heterocycles. The lowest BCUT2D eigenvalue weighted by molar-refractivity contribution is 0.100. The molecule has 3 N–H and O–H groups in total. The lowest BCUT2D eigenvalue weighted by atomic mass is 10.1. The standard InChI is InChI=1S/C12H18N4O/c1-2-16(9-5-7-14-8-9)12-10(11(13)17)4-3-6-15-12/h3-4,6,9,14H,2,5,7-8H2,1H3,(H2,13,17). The quantitative estimate of drug-likeness (QED) is 0.789. The van der Waals surface area contributed by atoms with Crippen molar-refractivity contribution in [3.8, 4) is 0 Å². The first-order chi connectivity index (χ1) is 8.24. The molecule has 2 rings (SSSR count). The van der Waals surface area contributed by atoms with Crippen LogP contribution >= 0.6 is 0 Å². The molecule has 1 aromatic rings. The Morgan fingerprint density at radius 1 is 1.71 bits per heavy atom. The number of anilines is 1. The van der Waals surface area contributed by atoms with E-state index in [-0.39, 0.29) is 0 Å². The van der Waals surface area contributed by atoms with Crippen molar-refractivity contribution in [1.29, 1.82) is 0 Å². The first-order valence-electron chi connectivity index (χ1n) is 5.96. The summed E-state index contributed by atoms with van der Waals surface area (Å²) >= 11 is 0. The van der Waals surface area contributed by atoms with Gasteiger partial charge in [-0.2, -0.15) is 0 Å². The minimum Gasteiger partial charge on any atom is -0.365 e. The molecule has 0 bridgehead atoms. The molecule has 2 heterocycles. The number of nitrogens with one attached hydrogen (secondary N) is 1. The number of nitrogens with two attached hydrogens (primary N) is 1. The van der Waals surface area contributed by atoms with Gasteiger partial charge in [-0.1, -0.05) is 0 Å². The molecule has 17 heavy (non-hydrogen) atoms. The van der Waals surface area contributed by atoms with Gasteiger partial charge in [0.15, 0.2) is 0 Å². The summed E-state index contributed by atoms with van der Waals surface area (Å²) < 4.78 is 0. The maximum atomic E-state index is 11.4. The molecular weight excluding hydrogens is 216 g/mol. The zero-order valence-corrected chi connectivity index (χ0v) is 10.0. The summed E-state index contributed by atoms with van der Waals surface area (Å²) in [5.41, 5.74) is 5.89. The third-order valence-electron chi connectivity index (χ3n) is 3.14. The van der Waals surface area contributed by atoms with Crippen molar-refractivity contribution in [3.63, 3.8) is 0 Å². The van der Waals surface area contributed by atoms with Crippen LogP contribution in [0.2, 0.25) is 0 Å². The van der Waals surface area contributed by atoms with Gasteiger partial charge in [0.25, 0.3) is 5.91 Å². The van der Waals surface area contributed by atoms with Crippen LogP contribution in [0.1, 0.15) is 23.7 Å². The molecule has 0 spiro atoms. The van der Waals surface area contributed by atoms with Crippen molar-refractivity contribution in [2.75, 3.05) is 24.5 Å². The third-order valence-corrected chi connectivity index (χ3v) is 3.14. The van der Waals surface area contributed by atoms with E-state index in [2.05, 4.69) is 22.1 Å². The van der Waals surface area contributed by atoms with Crippen LogP contribution in [-0.4, -0.2) is 36.6 Å². The molecule has 1 unspecified atom stereocenters. The molecule has 1 atom stereocenters. The SMILES string of the molecule is CCN(c1ncccc1C(N)=O)C1CCNC1. The number of carbonyl (C=O) groups excluding carboxylic acids is 1. The largest absolute Gasteiger partial charge is 0.365 e. The van der Waals surface area contributed by atoms with Gasteiger partial charge in [0.05, 0.1) is 5.56 Å². The average Bonchev–Trinajstić information content (AvgIpc) is 2.84. The zero-order chi connectivity index (χ0) is 12.3. The van der Waals surface area contributed by atoms with Crippen LogP contribution in [0.5, 0.6) is 0 Å². The summed E-state index contributed by atoms with van der Waals surface area (Å²) in [6.07, 6.45) is 2.77. The Morgan fingerprint density at radius 3 is 3.12 bits per heavy atom. The molecule has 0 aromatic carbocycles. The first-order valence-corrected chi connectivity index (χ1v) is 5.96. The number of nitrogens with zero attached hydrogens (tertiary/aromatic N) is 2. The summed E-state index contributed by atoms with van der Waals surface area (Å²) in [5.74, 6) is 0.286. The van der Waals surface area contributed by atoms with Crippen molar-refractivity contribution >= 4 is 11.7 Å². The van der Waals surface area contributed by atoms with Gasteiger partial charge < -0.3 is 16.0 Å². The molecule has 0 radical (unpaired) electrons. The highest BCUT2D eigenvalue weighted by atomic mass is 16.1. The molecule has 1 saturated heterocycles. The summed E-state index contributed by atoms with van der Waals surface area (Å²) in [6.45, 7) is 4.84. The lowest BCUT2D eigenvalue weighted by Gasteiger charge is -2.29. The van der Waals surface area contributed by atoms with Crippen LogP contribution in [0, 0.1) is 0 Å². The van der Waals surface area contributed by atoms with Gasteiger partial charge in [0, 0.05) is 25.3 Å². The molecule has 0 saturated carbocycles. The summed E-state index contributed by atoms with van der Waals surface area (Å²) in [7, 11) is 0. The summed E-state index contributed by atoms with van der Waals surface area (Å²) in [6, 6.07) is 3.87. The van der Waals surface area contributed by atoms with E-state index < -0.39 is 5.91 Å². The second kappa shape index (κ2) is 5.14. The van der Waals surface area contributed by atoms with Crippen LogP contribution < -0.4 is 16.0 Å². The van der Waals surface area contributed by atoms with Gasteiger partial charge in [0.1, 0.15) is 5.82 Å². The third kappa shape index (κ3) is 2.39. The number of rotatable bonds is 4. The summed E-state index contributed by atoms with van der Waals surface area (Å²) in [4.78, 5) is 17.9. The molecule has 1 amide bonds. The van der Waals surface area contributed by atoms with Crippen molar-refractivity contribution in [2.45, 2.75) is 19.4 Å². The molecule has 92 valence electrons. The van der Waals surface area contributed by atoms with Gasteiger partial charge in [-0.3, -0.25) is 4.79 Å². The average molecular weight is 234 g/mol. The second-order valence-electron chi connectivity index (χ2n) is 4.17. The predicted octanol–water partition coefficient (Wildman–Crippen LogP) is 0.369. The zero-order valence-electron chi connectivity index (χ0n) is 10.0. The van der Waals surface area contributed by atoms with E-state index in [9.17, 15) is 4.79 Å². The van der Waals surface area contributed by atoms with E-state index in [1.807, 2.05) is 0 Å². The maximum Gasteiger partial charge on any atom is 0.252 e. The predicted molar refractivity (Wildman–Crippen MR) is 67.0 cm³/mol. The Morgan fingerprint density at radius 2 is 2.53 bits per heavy atom. The van der Waals surface area contributed by atoms with Crippen LogP contribution in [0.25, 0.3) is 0 Å². The topological polar surface area (TPSA) is 71.2 Å². The van der Waals surface area contributed by atoms with Gasteiger partial charge in [0.2, 0.25) is 0 Å². The number of carbonyl (C=O) groups is 1. The van der Waals surface area contributed by atoms with Crippen LogP contribution in [0.15, 0.2) is 18.3 Å². The molecule has 1 aromatic heterocycles. The fourth-order valence-electron chi connectivity index (χ4n) is 2.30. The number of aromatic nitrogens is 1. The molecule has 1 fully saturated rings. The fourth-order valence-corrected chi connectivity index (χ4v) is 2.30. The normalized spacial score (nSPS) is 19.2. The van der Waals surface area contributed by atoms with Crippen molar-refractivity contribution in [1.82, 2.24) is 10.3 Å². The van der Waals surface area contributed by atoms with Gasteiger partial charge in [-0.25, -0.2) is 4.98 Å². The Balaban J connectivity index is 2.32. The Kier molecular flexibility index (Phi) is 3.58. The number of primary amides is 1. The number of hydrogen-bond donors (Lipinski definition) is 2. The van der Waals surface area contributed by atoms with Gasteiger partial charge in [-0.05, 0) is 32.0 Å². The van der Waals surface area contributed by atoms with E-state index in [0.29, 0.717) is 17.4 Å². The highest BCUT2D eigenvalue weighted by Crippen LogP contribution is 2.21. The number of pyridine rings is 1. The summed E-state index contributed by atoms with van der Waals surface area (Å²) in [5, 5.41) is 3.32. The number of amides is 1. The second-order valence-corrected chi connectivity index (χ2v) is 4.17. The van der Waals surface area contributed by atoms with E-state index in [0.717, 1.165) is 26.1 Å². The lowest BCUT2D eigenvalue weighted by Crippen LogP contribution is -2.38. The number of likely N-dealkylation sites (N-methyl/N-ethyl adjacent to an activating group) is 1. The minimum absolute atomic E-state index is 0.396. The Hall–Kier alpha value is -1.62. The molecule has 0 aliphatic carbocycles. The first kappa shape index (κ1) is 11.9. The van der Waals surface area contributed by atoms with E-state index in [4.69, 9.17) is 5.73 Å². The van der Waals surface area contributed by atoms with E-state index in [1.165, 1.54) is 0 Å². The minimum atomic E-state index is -0.419. The van der Waals surface area contributed by atoms with Gasteiger partial charge >= 0.3 is 0 Å². The van der Waals surface area contributed by atoms with Crippen LogP contribution in [0.4, 0.5) is 5.82 Å². The maximum absolute atomic E-state index is 11.4.